The van der Waals surface area contributed by atoms with Crippen molar-refractivity contribution in [3.8, 4) is 0 Å². The molecule has 0 radical (unpaired) electrons. The molecule has 184 valence electrons. The van der Waals surface area contributed by atoms with Crippen LogP contribution in [0.4, 0.5) is 24.3 Å². The van der Waals surface area contributed by atoms with Crippen molar-refractivity contribution in [1.29, 1.82) is 0 Å². The lowest BCUT2D eigenvalue weighted by atomic mass is 9.87. The lowest BCUT2D eigenvalue weighted by molar-refractivity contribution is -0.137. The van der Waals surface area contributed by atoms with Gasteiger partial charge in [-0.15, -0.1) is 0 Å². The van der Waals surface area contributed by atoms with Crippen LogP contribution in [0.5, 0.6) is 0 Å². The Bertz CT molecular complexity index is 1390. The van der Waals surface area contributed by atoms with Crippen LogP contribution in [-0.4, -0.2) is 38.2 Å². The largest absolute Gasteiger partial charge is 0.416 e. The predicted octanol–water partition coefficient (Wildman–Crippen LogP) is 5.23. The number of hydrogen-bond donors (Lipinski definition) is 3. The minimum Gasteiger partial charge on any atom is -0.393 e. The molecular weight excluding hydrogens is 479 g/mol. The average Bonchev–Trinajstić information content (AvgIpc) is 3.37. The summed E-state index contributed by atoms with van der Waals surface area (Å²) in [6.45, 7) is 0.576. The second kappa shape index (κ2) is 9.12. The van der Waals surface area contributed by atoms with Gasteiger partial charge in [0.2, 0.25) is 5.95 Å². The maximum Gasteiger partial charge on any atom is 0.416 e. The minimum atomic E-state index is -4.41. The van der Waals surface area contributed by atoms with Crippen LogP contribution < -0.4 is 10.6 Å². The summed E-state index contributed by atoms with van der Waals surface area (Å²) in [7, 11) is 1.81. The lowest BCUT2D eigenvalue weighted by Crippen LogP contribution is -2.32. The molecule has 2 heterocycles. The topological polar surface area (TPSA) is 92.1 Å². The van der Waals surface area contributed by atoms with Gasteiger partial charge in [0, 0.05) is 19.2 Å². The average molecular weight is 504 g/mol. The van der Waals surface area contributed by atoms with Gasteiger partial charge < -0.3 is 20.3 Å². The molecule has 0 aliphatic heterocycles. The first kappa shape index (κ1) is 23.6. The number of amides is 1. The number of aliphatic hydroxyl groups is 1. The number of imidazole rings is 1. The molecule has 0 spiro atoms. The number of thiazole rings is 1. The maximum absolute atomic E-state index is 13.0. The number of nitrogens with zero attached hydrogens (tertiary/aromatic N) is 3. The van der Waals surface area contributed by atoms with Crippen LogP contribution >= 0.6 is 11.3 Å². The van der Waals surface area contributed by atoms with Gasteiger partial charge in [0.05, 0.1) is 32.9 Å². The van der Waals surface area contributed by atoms with Crippen molar-refractivity contribution in [2.45, 2.75) is 38.0 Å². The van der Waals surface area contributed by atoms with Gasteiger partial charge in [0.25, 0.3) is 5.91 Å². The van der Waals surface area contributed by atoms with Gasteiger partial charge in [-0.25, -0.2) is 9.97 Å². The summed E-state index contributed by atoms with van der Waals surface area (Å²) < 4.78 is 41.2. The summed E-state index contributed by atoms with van der Waals surface area (Å²) in [4.78, 5) is 21.6. The molecule has 1 fully saturated rings. The number of rotatable bonds is 5. The first-order chi connectivity index (χ1) is 16.7. The number of carbonyl (C=O) groups excluding carboxylic acids is 1. The third-order valence-electron chi connectivity index (χ3n) is 6.45. The van der Waals surface area contributed by atoms with Crippen molar-refractivity contribution >= 4 is 49.6 Å². The fourth-order valence-corrected chi connectivity index (χ4v) is 5.29. The van der Waals surface area contributed by atoms with Crippen LogP contribution in [0, 0.1) is 5.92 Å². The van der Waals surface area contributed by atoms with Crippen molar-refractivity contribution in [2.75, 3.05) is 11.9 Å². The number of fused-ring (bicyclic) bond motifs is 2. The molecule has 2 aromatic heterocycles. The highest BCUT2D eigenvalue weighted by Gasteiger charge is 2.30. The summed E-state index contributed by atoms with van der Waals surface area (Å²) in [5, 5.41) is 16.1. The minimum absolute atomic E-state index is 0.176. The van der Waals surface area contributed by atoms with E-state index in [2.05, 4.69) is 20.6 Å². The predicted molar refractivity (Wildman–Crippen MR) is 129 cm³/mol. The van der Waals surface area contributed by atoms with Crippen LogP contribution in [-0.2, 0) is 13.2 Å². The quantitative estimate of drug-likeness (QED) is 0.347. The monoisotopic (exact) mass is 503 g/mol. The van der Waals surface area contributed by atoms with E-state index in [1.807, 2.05) is 13.1 Å². The van der Waals surface area contributed by atoms with E-state index in [1.54, 1.807) is 16.7 Å². The molecule has 0 atom stereocenters. The second-order valence-corrected chi connectivity index (χ2v) is 9.94. The number of halogens is 3. The lowest BCUT2D eigenvalue weighted by Gasteiger charge is -2.25. The summed E-state index contributed by atoms with van der Waals surface area (Å²) in [6, 6.07) is 8.74. The van der Waals surface area contributed by atoms with Gasteiger partial charge >= 0.3 is 6.18 Å². The van der Waals surface area contributed by atoms with E-state index < -0.39 is 11.7 Å². The number of anilines is 2. The smallest absolute Gasteiger partial charge is 0.393 e. The number of hydrogen-bond acceptors (Lipinski definition) is 6. The molecule has 7 nitrogen and oxygen atoms in total. The highest BCUT2D eigenvalue weighted by atomic mass is 32.1. The Morgan fingerprint density at radius 3 is 2.63 bits per heavy atom. The standard InChI is InChI=1S/C24H24F3N5O2S/c1-32-19-9-4-14(21(34)28-12-13-2-6-16(33)7-3-13)10-18(19)29-22(32)31-23-30-17-8-5-15(24(25,26)27)11-20(17)35-23/h4-5,8-11,13,16,33H,2-3,6-7,12H2,1H3,(H,28,34)(H,29,30,31). The zero-order chi connectivity index (χ0) is 24.7. The Labute approximate surface area is 203 Å². The molecule has 0 bridgehead atoms. The van der Waals surface area contributed by atoms with Gasteiger partial charge in [0.15, 0.2) is 5.13 Å². The van der Waals surface area contributed by atoms with Crippen LogP contribution in [0.1, 0.15) is 41.6 Å². The summed E-state index contributed by atoms with van der Waals surface area (Å²) in [6.07, 6.45) is -1.29. The molecule has 4 aromatic rings. The van der Waals surface area contributed by atoms with E-state index in [0.29, 0.717) is 44.8 Å². The van der Waals surface area contributed by atoms with Crippen molar-refractivity contribution in [3.05, 3.63) is 47.5 Å². The normalized spacial score (nSPS) is 18.8. The summed E-state index contributed by atoms with van der Waals surface area (Å²) in [5.74, 6) is 0.663. The molecule has 3 N–H and O–H groups in total. The van der Waals surface area contributed by atoms with Gasteiger partial charge in [-0.2, -0.15) is 13.2 Å². The van der Waals surface area contributed by atoms with Gasteiger partial charge in [0.1, 0.15) is 0 Å². The van der Waals surface area contributed by atoms with Crippen molar-refractivity contribution in [1.82, 2.24) is 19.9 Å². The highest BCUT2D eigenvalue weighted by Crippen LogP contribution is 2.35. The van der Waals surface area contributed by atoms with E-state index in [4.69, 9.17) is 0 Å². The number of alkyl halides is 3. The van der Waals surface area contributed by atoms with Crippen LogP contribution in [0.2, 0.25) is 0 Å². The number of nitrogens with one attached hydrogen (secondary N) is 2. The number of aromatic nitrogens is 3. The molecule has 1 amide bonds. The fourth-order valence-electron chi connectivity index (χ4n) is 4.39. The van der Waals surface area contributed by atoms with E-state index >= 15 is 0 Å². The van der Waals surface area contributed by atoms with E-state index in [-0.39, 0.29) is 12.0 Å². The SMILES string of the molecule is Cn1c(Nc2nc3ccc(C(F)(F)F)cc3s2)nc2cc(C(=O)NCC3CCC(O)CC3)ccc21. The molecule has 2 aromatic carbocycles. The van der Waals surface area contributed by atoms with E-state index in [1.165, 1.54) is 6.07 Å². The maximum atomic E-state index is 13.0. The molecule has 11 heteroatoms. The van der Waals surface area contributed by atoms with E-state index in [0.717, 1.165) is 54.7 Å². The van der Waals surface area contributed by atoms with Crippen molar-refractivity contribution in [3.63, 3.8) is 0 Å². The third kappa shape index (κ3) is 4.96. The number of benzene rings is 2. The molecule has 0 saturated heterocycles. The van der Waals surface area contributed by atoms with E-state index in [9.17, 15) is 23.1 Å². The first-order valence-electron chi connectivity index (χ1n) is 11.3. The molecular formula is C24H24F3N5O2S. The Morgan fingerprint density at radius 2 is 1.89 bits per heavy atom. The zero-order valence-electron chi connectivity index (χ0n) is 18.9. The van der Waals surface area contributed by atoms with Crippen LogP contribution in [0.15, 0.2) is 36.4 Å². The first-order valence-corrected chi connectivity index (χ1v) is 12.2. The fraction of sp³-hybridized carbons (Fsp3) is 0.375. The molecule has 35 heavy (non-hydrogen) atoms. The second-order valence-electron chi connectivity index (χ2n) is 8.91. The number of aliphatic hydroxyl groups excluding tert-OH is 1. The molecule has 1 aliphatic carbocycles. The zero-order valence-corrected chi connectivity index (χ0v) is 19.7. The van der Waals surface area contributed by atoms with Gasteiger partial charge in [-0.1, -0.05) is 11.3 Å². The van der Waals surface area contributed by atoms with Crippen molar-refractivity contribution in [2.24, 2.45) is 13.0 Å². The number of aryl methyl sites for hydroxylation is 1. The Hall–Kier alpha value is -3.18. The Balaban J connectivity index is 1.31. The molecule has 1 saturated carbocycles. The molecule has 5 rings (SSSR count). The Kier molecular flexibility index (Phi) is 6.14. The van der Waals surface area contributed by atoms with Gasteiger partial charge in [-0.05, 0) is 68.0 Å². The summed E-state index contributed by atoms with van der Waals surface area (Å²) in [5.41, 5.74) is 1.66. The van der Waals surface area contributed by atoms with Crippen molar-refractivity contribution < 1.29 is 23.1 Å². The number of carbonyl (C=O) groups is 1. The molecule has 0 unspecified atom stereocenters. The summed E-state index contributed by atoms with van der Waals surface area (Å²) >= 11 is 1.11. The third-order valence-corrected chi connectivity index (χ3v) is 7.38. The highest BCUT2D eigenvalue weighted by molar-refractivity contribution is 7.22. The van der Waals surface area contributed by atoms with Crippen LogP contribution in [0.3, 0.4) is 0 Å². The van der Waals surface area contributed by atoms with Gasteiger partial charge in [-0.3, -0.25) is 4.79 Å². The van der Waals surface area contributed by atoms with Crippen LogP contribution in [0.25, 0.3) is 21.3 Å². The molecule has 1 aliphatic rings. The Morgan fingerprint density at radius 1 is 1.11 bits per heavy atom.